The Balaban J connectivity index is 2.64. The van der Waals surface area contributed by atoms with Crippen molar-refractivity contribution in [3.05, 3.63) is 29.8 Å². The maximum absolute atomic E-state index is 12.1. The first kappa shape index (κ1) is 17.0. The van der Waals surface area contributed by atoms with Gasteiger partial charge in [-0.05, 0) is 31.4 Å². The molecule has 1 amide bonds. The lowest BCUT2D eigenvalue weighted by molar-refractivity contribution is -0.128. The van der Waals surface area contributed by atoms with Crippen LogP contribution in [0.3, 0.4) is 0 Å². The molecule has 0 aliphatic heterocycles. The fraction of sp³-hybridized carbons (Fsp3) is 0.500. The normalized spacial score (nSPS) is 13.3. The highest BCUT2D eigenvalue weighted by molar-refractivity contribution is 5.81. The Morgan fingerprint density at radius 1 is 1.38 bits per heavy atom. The van der Waals surface area contributed by atoms with Crippen molar-refractivity contribution in [2.24, 2.45) is 5.92 Å². The zero-order valence-electron chi connectivity index (χ0n) is 12.7. The van der Waals surface area contributed by atoms with Crippen LogP contribution in [-0.4, -0.2) is 29.8 Å². The molecule has 114 valence electrons. The van der Waals surface area contributed by atoms with E-state index in [1.54, 1.807) is 31.2 Å². The number of ether oxygens (including phenoxy) is 1. The Labute approximate surface area is 125 Å². The molecule has 0 aliphatic rings. The van der Waals surface area contributed by atoms with Crippen LogP contribution in [0.4, 0.5) is 0 Å². The van der Waals surface area contributed by atoms with E-state index in [0.717, 1.165) is 0 Å². The van der Waals surface area contributed by atoms with Crippen LogP contribution in [0.25, 0.3) is 0 Å². The Morgan fingerprint density at radius 2 is 2.05 bits per heavy atom. The summed E-state index contributed by atoms with van der Waals surface area (Å²) in [7, 11) is 0. The molecule has 2 unspecified atom stereocenters. The molecule has 0 heterocycles. The summed E-state index contributed by atoms with van der Waals surface area (Å²) in [6.07, 6.45) is -0.0373. The monoisotopic (exact) mass is 290 g/mol. The molecule has 0 aliphatic carbocycles. The van der Waals surface area contributed by atoms with Crippen molar-refractivity contribution in [1.29, 1.82) is 5.26 Å². The van der Waals surface area contributed by atoms with Crippen molar-refractivity contribution in [3.63, 3.8) is 0 Å². The van der Waals surface area contributed by atoms with Crippen molar-refractivity contribution in [3.8, 4) is 11.8 Å². The number of rotatable bonds is 7. The summed E-state index contributed by atoms with van der Waals surface area (Å²) in [6.45, 7) is 5.56. The number of aliphatic hydroxyl groups is 1. The minimum absolute atomic E-state index is 0.106. The summed E-state index contributed by atoms with van der Waals surface area (Å²) in [5.41, 5.74) is 0.387. The molecule has 5 nitrogen and oxygen atoms in total. The van der Waals surface area contributed by atoms with Crippen molar-refractivity contribution in [1.82, 2.24) is 5.32 Å². The molecule has 2 N–H and O–H groups in total. The van der Waals surface area contributed by atoms with Crippen molar-refractivity contribution in [2.45, 2.75) is 39.3 Å². The first-order valence-corrected chi connectivity index (χ1v) is 7.05. The van der Waals surface area contributed by atoms with Gasteiger partial charge in [-0.25, -0.2) is 0 Å². The van der Waals surface area contributed by atoms with Crippen LogP contribution >= 0.6 is 0 Å². The molecule has 1 aromatic rings. The van der Waals surface area contributed by atoms with Gasteiger partial charge in [0.05, 0.1) is 18.2 Å². The fourth-order valence-electron chi connectivity index (χ4n) is 1.97. The number of amides is 1. The standard InChI is InChI=1S/C16H22N2O3/c1-11(2)8-14(10-19)18-16(20)12(3)21-15-7-5-4-6-13(15)9-17/h4-7,11-12,14,19H,8,10H2,1-3H3,(H,18,20). The largest absolute Gasteiger partial charge is 0.480 e. The van der Waals surface area contributed by atoms with Crippen molar-refractivity contribution in [2.75, 3.05) is 6.61 Å². The molecular formula is C16H22N2O3. The molecule has 0 aromatic heterocycles. The lowest BCUT2D eigenvalue weighted by Crippen LogP contribution is -2.44. The van der Waals surface area contributed by atoms with Gasteiger partial charge in [-0.1, -0.05) is 26.0 Å². The van der Waals surface area contributed by atoms with Crippen LogP contribution in [0.15, 0.2) is 24.3 Å². The number of hydrogen-bond donors (Lipinski definition) is 2. The summed E-state index contributed by atoms with van der Waals surface area (Å²) in [6, 6.07) is 8.51. The number of benzene rings is 1. The third-order valence-corrected chi connectivity index (χ3v) is 3.00. The molecule has 0 fully saturated rings. The van der Waals surface area contributed by atoms with Gasteiger partial charge >= 0.3 is 0 Å². The topological polar surface area (TPSA) is 82.3 Å². The van der Waals surface area contributed by atoms with Crippen molar-refractivity contribution < 1.29 is 14.6 Å². The van der Waals surface area contributed by atoms with Gasteiger partial charge in [0.15, 0.2) is 6.10 Å². The van der Waals surface area contributed by atoms with Crippen molar-refractivity contribution >= 4 is 5.91 Å². The van der Waals surface area contributed by atoms with Crippen LogP contribution in [-0.2, 0) is 4.79 Å². The van der Waals surface area contributed by atoms with Gasteiger partial charge < -0.3 is 15.2 Å². The second-order valence-corrected chi connectivity index (χ2v) is 5.39. The van der Waals surface area contributed by atoms with Crippen LogP contribution in [0.2, 0.25) is 0 Å². The van der Waals surface area contributed by atoms with E-state index in [1.165, 1.54) is 0 Å². The molecular weight excluding hydrogens is 268 g/mol. The average molecular weight is 290 g/mol. The van der Waals surface area contributed by atoms with Crippen LogP contribution in [0.1, 0.15) is 32.8 Å². The van der Waals surface area contributed by atoms with Gasteiger partial charge in [-0.2, -0.15) is 5.26 Å². The number of hydrogen-bond acceptors (Lipinski definition) is 4. The number of carbonyl (C=O) groups excluding carboxylic acids is 1. The predicted octanol–water partition coefficient (Wildman–Crippen LogP) is 1.85. The summed E-state index contributed by atoms with van der Waals surface area (Å²) in [5.74, 6) is 0.451. The molecule has 0 radical (unpaired) electrons. The van der Waals surface area contributed by atoms with Gasteiger partial charge in [0.25, 0.3) is 5.91 Å². The lowest BCUT2D eigenvalue weighted by atomic mass is 10.0. The number of nitriles is 1. The SMILES string of the molecule is CC(C)CC(CO)NC(=O)C(C)Oc1ccccc1C#N. The third kappa shape index (κ3) is 5.44. The Morgan fingerprint density at radius 3 is 2.62 bits per heavy atom. The van der Waals surface area contributed by atoms with Gasteiger partial charge in [0.1, 0.15) is 11.8 Å². The zero-order valence-corrected chi connectivity index (χ0v) is 12.7. The highest BCUT2D eigenvalue weighted by Gasteiger charge is 2.20. The van der Waals surface area contributed by atoms with E-state index in [4.69, 9.17) is 10.00 Å². The highest BCUT2D eigenvalue weighted by atomic mass is 16.5. The molecule has 21 heavy (non-hydrogen) atoms. The maximum Gasteiger partial charge on any atom is 0.261 e. The number of para-hydroxylation sites is 1. The Bertz CT molecular complexity index is 508. The second-order valence-electron chi connectivity index (χ2n) is 5.39. The molecule has 0 spiro atoms. The van der Waals surface area contributed by atoms with Gasteiger partial charge in [-0.3, -0.25) is 4.79 Å². The van der Waals surface area contributed by atoms with Gasteiger partial charge in [0, 0.05) is 0 Å². The molecule has 0 bridgehead atoms. The van der Waals surface area contributed by atoms with E-state index in [-0.39, 0.29) is 18.6 Å². The number of carbonyl (C=O) groups is 1. The quantitative estimate of drug-likeness (QED) is 0.803. The zero-order chi connectivity index (χ0) is 15.8. The van der Waals surface area contributed by atoms with E-state index in [9.17, 15) is 9.90 Å². The molecule has 0 saturated heterocycles. The molecule has 1 rings (SSSR count). The number of nitrogens with zero attached hydrogens (tertiary/aromatic N) is 1. The number of nitrogens with one attached hydrogen (secondary N) is 1. The summed E-state index contributed by atoms with van der Waals surface area (Å²) >= 11 is 0. The van der Waals surface area contributed by atoms with E-state index in [1.807, 2.05) is 19.9 Å². The molecule has 2 atom stereocenters. The smallest absolute Gasteiger partial charge is 0.261 e. The molecule has 5 heteroatoms. The number of aliphatic hydroxyl groups excluding tert-OH is 1. The minimum Gasteiger partial charge on any atom is -0.480 e. The Kier molecular flexibility index (Phi) is 6.70. The van der Waals surface area contributed by atoms with E-state index < -0.39 is 6.10 Å². The lowest BCUT2D eigenvalue weighted by Gasteiger charge is -2.21. The summed E-state index contributed by atoms with van der Waals surface area (Å²) in [5, 5.41) is 21.0. The van der Waals surface area contributed by atoms with Gasteiger partial charge in [-0.15, -0.1) is 0 Å². The van der Waals surface area contributed by atoms with E-state index in [2.05, 4.69) is 5.32 Å². The van der Waals surface area contributed by atoms with Crippen LogP contribution in [0, 0.1) is 17.2 Å². The van der Waals surface area contributed by atoms with Gasteiger partial charge in [0.2, 0.25) is 0 Å². The fourth-order valence-corrected chi connectivity index (χ4v) is 1.97. The Hall–Kier alpha value is -2.06. The van der Waals surface area contributed by atoms with Crippen LogP contribution in [0.5, 0.6) is 5.75 Å². The summed E-state index contributed by atoms with van der Waals surface area (Å²) in [4.78, 5) is 12.1. The maximum atomic E-state index is 12.1. The third-order valence-electron chi connectivity index (χ3n) is 3.00. The van der Waals surface area contributed by atoms with E-state index in [0.29, 0.717) is 23.7 Å². The molecule has 0 saturated carbocycles. The highest BCUT2D eigenvalue weighted by Crippen LogP contribution is 2.18. The first-order valence-electron chi connectivity index (χ1n) is 7.05. The second kappa shape index (κ2) is 8.28. The summed E-state index contributed by atoms with van der Waals surface area (Å²) < 4.78 is 5.53. The first-order chi connectivity index (χ1) is 9.97. The minimum atomic E-state index is -0.735. The predicted molar refractivity (Wildman–Crippen MR) is 79.7 cm³/mol. The molecule has 1 aromatic carbocycles. The van der Waals surface area contributed by atoms with Crippen LogP contribution < -0.4 is 10.1 Å². The average Bonchev–Trinajstić information content (AvgIpc) is 2.46. The van der Waals surface area contributed by atoms with E-state index >= 15 is 0 Å².